The minimum atomic E-state index is 0.345. The fourth-order valence-corrected chi connectivity index (χ4v) is 3.90. The maximum atomic E-state index is 8.85. The molecule has 3 unspecified atom stereocenters. The lowest BCUT2D eigenvalue weighted by atomic mass is 9.87. The number of hydrogen-bond acceptors (Lipinski definition) is 2. The Morgan fingerprint density at radius 1 is 1.43 bits per heavy atom. The molecule has 2 heteroatoms. The van der Waals surface area contributed by atoms with Gasteiger partial charge < -0.3 is 5.11 Å². The van der Waals surface area contributed by atoms with E-state index in [9.17, 15) is 0 Å². The lowest BCUT2D eigenvalue weighted by Gasteiger charge is -2.29. The topological polar surface area (TPSA) is 20.2 Å². The van der Waals surface area contributed by atoms with Gasteiger partial charge in [0.1, 0.15) is 0 Å². The third-order valence-corrected chi connectivity index (χ3v) is 4.79. The van der Waals surface area contributed by atoms with Gasteiger partial charge in [0.05, 0.1) is 0 Å². The van der Waals surface area contributed by atoms with Crippen LogP contribution in [0.15, 0.2) is 0 Å². The first kappa shape index (κ1) is 12.4. The van der Waals surface area contributed by atoms with Crippen LogP contribution in [0.2, 0.25) is 0 Å². The van der Waals surface area contributed by atoms with Crippen LogP contribution in [-0.2, 0) is 0 Å². The summed E-state index contributed by atoms with van der Waals surface area (Å²) in [6.07, 6.45) is 7.99. The van der Waals surface area contributed by atoms with Crippen molar-refractivity contribution in [2.75, 3.05) is 6.61 Å². The van der Waals surface area contributed by atoms with Gasteiger partial charge in [-0.2, -0.15) is 11.8 Å². The summed E-state index contributed by atoms with van der Waals surface area (Å²) in [5.41, 5.74) is 0. The van der Waals surface area contributed by atoms with E-state index >= 15 is 0 Å². The molecule has 0 aromatic carbocycles. The van der Waals surface area contributed by atoms with Crippen LogP contribution in [0.5, 0.6) is 0 Å². The van der Waals surface area contributed by atoms with E-state index in [1.807, 2.05) is 0 Å². The lowest BCUT2D eigenvalue weighted by Crippen LogP contribution is -2.19. The molecule has 1 N–H and O–H groups in total. The van der Waals surface area contributed by atoms with Crippen molar-refractivity contribution in [3.05, 3.63) is 0 Å². The van der Waals surface area contributed by atoms with Crippen LogP contribution < -0.4 is 0 Å². The van der Waals surface area contributed by atoms with E-state index in [1.165, 1.54) is 32.1 Å². The molecule has 3 atom stereocenters. The van der Waals surface area contributed by atoms with E-state index in [0.717, 1.165) is 17.6 Å². The molecule has 0 saturated heterocycles. The molecule has 1 rings (SSSR count). The van der Waals surface area contributed by atoms with Gasteiger partial charge in [-0.3, -0.25) is 0 Å². The molecule has 0 aliphatic heterocycles. The molecule has 1 aliphatic carbocycles. The van der Waals surface area contributed by atoms with Crippen molar-refractivity contribution in [2.45, 2.75) is 62.9 Å². The zero-order valence-corrected chi connectivity index (χ0v) is 10.4. The number of thioether (sulfide) groups is 1. The normalized spacial score (nSPS) is 30.2. The fraction of sp³-hybridized carbons (Fsp3) is 1.00. The fourth-order valence-electron chi connectivity index (χ4n) is 2.31. The lowest BCUT2D eigenvalue weighted by molar-refractivity contribution is 0.288. The van der Waals surface area contributed by atoms with Crippen LogP contribution in [0.25, 0.3) is 0 Å². The first-order valence-electron chi connectivity index (χ1n) is 6.02. The Labute approximate surface area is 92.7 Å². The molecule has 0 amide bonds. The van der Waals surface area contributed by atoms with E-state index in [0.29, 0.717) is 11.9 Å². The Bertz CT molecular complexity index is 149. The second kappa shape index (κ2) is 6.73. The van der Waals surface area contributed by atoms with E-state index < -0.39 is 0 Å². The number of rotatable bonds is 5. The molecule has 1 aliphatic rings. The smallest absolute Gasteiger partial charge is 0.0441 e. The van der Waals surface area contributed by atoms with Crippen LogP contribution in [0, 0.1) is 5.92 Å². The van der Waals surface area contributed by atoms with Crippen molar-refractivity contribution >= 4 is 11.8 Å². The average Bonchev–Trinajstić information content (AvgIpc) is 2.18. The van der Waals surface area contributed by atoms with Gasteiger partial charge in [-0.1, -0.05) is 33.1 Å². The first-order valence-corrected chi connectivity index (χ1v) is 6.96. The Morgan fingerprint density at radius 2 is 2.21 bits per heavy atom. The minimum Gasteiger partial charge on any atom is -0.396 e. The zero-order chi connectivity index (χ0) is 10.4. The van der Waals surface area contributed by atoms with E-state index in [1.54, 1.807) is 0 Å². The van der Waals surface area contributed by atoms with E-state index in [4.69, 9.17) is 5.11 Å². The summed E-state index contributed by atoms with van der Waals surface area (Å²) in [6, 6.07) is 0. The van der Waals surface area contributed by atoms with Gasteiger partial charge in [-0.15, -0.1) is 0 Å². The van der Waals surface area contributed by atoms with Crippen molar-refractivity contribution < 1.29 is 5.11 Å². The minimum absolute atomic E-state index is 0.345. The van der Waals surface area contributed by atoms with Gasteiger partial charge >= 0.3 is 0 Å². The van der Waals surface area contributed by atoms with Crippen molar-refractivity contribution in [2.24, 2.45) is 5.92 Å². The number of hydrogen-bond donors (Lipinski definition) is 1. The van der Waals surface area contributed by atoms with Gasteiger partial charge in [0.25, 0.3) is 0 Å². The predicted octanol–water partition coefficient (Wildman–Crippen LogP) is 3.46. The highest BCUT2D eigenvalue weighted by Crippen LogP contribution is 2.36. The van der Waals surface area contributed by atoms with Crippen molar-refractivity contribution in [1.82, 2.24) is 0 Å². The molecule has 0 radical (unpaired) electrons. The highest BCUT2D eigenvalue weighted by Gasteiger charge is 2.22. The number of aliphatic hydroxyl groups excluding tert-OH is 1. The summed E-state index contributed by atoms with van der Waals surface area (Å²) in [6.45, 7) is 4.91. The van der Waals surface area contributed by atoms with E-state index in [-0.39, 0.29) is 0 Å². The Hall–Kier alpha value is 0.310. The second-order valence-electron chi connectivity index (χ2n) is 4.52. The summed E-state index contributed by atoms with van der Waals surface area (Å²) in [5.74, 6) is 0.975. The molecular formula is C12H24OS. The van der Waals surface area contributed by atoms with Gasteiger partial charge in [-0.05, 0) is 25.2 Å². The van der Waals surface area contributed by atoms with Crippen LogP contribution in [0.1, 0.15) is 52.4 Å². The maximum absolute atomic E-state index is 8.85. The predicted molar refractivity (Wildman–Crippen MR) is 64.8 cm³/mol. The highest BCUT2D eigenvalue weighted by atomic mass is 32.2. The van der Waals surface area contributed by atoms with Gasteiger partial charge in [0.15, 0.2) is 0 Å². The quantitative estimate of drug-likeness (QED) is 0.759. The van der Waals surface area contributed by atoms with Gasteiger partial charge in [0, 0.05) is 17.1 Å². The molecule has 14 heavy (non-hydrogen) atoms. The molecule has 1 saturated carbocycles. The van der Waals surface area contributed by atoms with Crippen LogP contribution in [0.4, 0.5) is 0 Å². The van der Waals surface area contributed by atoms with Gasteiger partial charge in [-0.25, -0.2) is 0 Å². The van der Waals surface area contributed by atoms with Crippen molar-refractivity contribution in [3.8, 4) is 0 Å². The first-order chi connectivity index (χ1) is 6.76. The molecule has 0 aromatic heterocycles. The van der Waals surface area contributed by atoms with Gasteiger partial charge in [0.2, 0.25) is 0 Å². The monoisotopic (exact) mass is 216 g/mol. The molecule has 0 spiro atoms. The summed E-state index contributed by atoms with van der Waals surface area (Å²) in [5, 5.41) is 10.4. The van der Waals surface area contributed by atoms with Crippen molar-refractivity contribution in [1.29, 1.82) is 0 Å². The summed E-state index contributed by atoms with van der Waals surface area (Å²) in [4.78, 5) is 0. The summed E-state index contributed by atoms with van der Waals surface area (Å²) < 4.78 is 0. The SMILES string of the molecule is CCC1CCCC(SC(C)CCO)C1. The van der Waals surface area contributed by atoms with E-state index in [2.05, 4.69) is 25.6 Å². The van der Waals surface area contributed by atoms with Crippen molar-refractivity contribution in [3.63, 3.8) is 0 Å². The Kier molecular flexibility index (Phi) is 5.95. The number of aliphatic hydroxyl groups is 1. The molecule has 1 nitrogen and oxygen atoms in total. The molecule has 0 heterocycles. The molecule has 0 bridgehead atoms. The van der Waals surface area contributed by atoms with Crippen LogP contribution in [0.3, 0.4) is 0 Å². The zero-order valence-electron chi connectivity index (χ0n) is 9.54. The van der Waals surface area contributed by atoms with Crippen LogP contribution in [-0.4, -0.2) is 22.2 Å². The largest absolute Gasteiger partial charge is 0.396 e. The Balaban J connectivity index is 2.22. The summed E-state index contributed by atoms with van der Waals surface area (Å²) in [7, 11) is 0. The third-order valence-electron chi connectivity index (χ3n) is 3.27. The molecule has 1 fully saturated rings. The molecule has 84 valence electrons. The van der Waals surface area contributed by atoms with Crippen LogP contribution >= 0.6 is 11.8 Å². The maximum Gasteiger partial charge on any atom is 0.0441 e. The molecule has 0 aromatic rings. The molecular weight excluding hydrogens is 192 g/mol. The standard InChI is InChI=1S/C12H24OS/c1-3-11-5-4-6-12(9-11)14-10(2)7-8-13/h10-13H,3-9H2,1-2H3. The average molecular weight is 216 g/mol. The summed E-state index contributed by atoms with van der Waals surface area (Å²) >= 11 is 2.10. The highest BCUT2D eigenvalue weighted by molar-refractivity contribution is 8.00. The third kappa shape index (κ3) is 4.22. The Morgan fingerprint density at radius 3 is 2.86 bits per heavy atom. The second-order valence-corrected chi connectivity index (χ2v) is 6.27.